The van der Waals surface area contributed by atoms with Gasteiger partial charge in [0.05, 0.1) is 6.54 Å². The summed E-state index contributed by atoms with van der Waals surface area (Å²) < 4.78 is 1.89. The Hall–Kier alpha value is -1.36. The number of amides is 1. The van der Waals surface area contributed by atoms with Crippen LogP contribution in [0, 0.1) is 0 Å². The van der Waals surface area contributed by atoms with Gasteiger partial charge in [-0.2, -0.15) is 5.10 Å². The summed E-state index contributed by atoms with van der Waals surface area (Å²) in [7, 11) is 1.81. The number of hydrogen-bond donors (Lipinski definition) is 1. The zero-order valence-electron chi connectivity index (χ0n) is 10.0. The molecule has 1 aromatic heterocycles. The van der Waals surface area contributed by atoms with Crippen LogP contribution in [0.1, 0.15) is 13.3 Å². The number of aryl methyl sites for hydroxylation is 1. The van der Waals surface area contributed by atoms with Crippen molar-refractivity contribution >= 4 is 5.91 Å². The molecule has 5 heteroatoms. The van der Waals surface area contributed by atoms with Gasteiger partial charge in [-0.15, -0.1) is 0 Å². The predicted octanol–water partition coefficient (Wildman–Crippen LogP) is 0.341. The van der Waals surface area contributed by atoms with Gasteiger partial charge in [-0.25, -0.2) is 0 Å². The van der Waals surface area contributed by atoms with Crippen molar-refractivity contribution in [1.29, 1.82) is 0 Å². The summed E-state index contributed by atoms with van der Waals surface area (Å²) in [6, 6.07) is 1.91. The molecule has 0 aliphatic rings. The van der Waals surface area contributed by atoms with Crippen LogP contribution in [-0.2, 0) is 11.3 Å². The minimum absolute atomic E-state index is 0.140. The third kappa shape index (κ3) is 4.44. The Morgan fingerprint density at radius 3 is 3.00 bits per heavy atom. The van der Waals surface area contributed by atoms with Crippen LogP contribution in [0.2, 0.25) is 0 Å². The molecule has 0 bridgehead atoms. The molecule has 1 N–H and O–H groups in total. The summed E-state index contributed by atoms with van der Waals surface area (Å²) in [6.45, 7) is 4.87. The number of carbonyl (C=O) groups excluding carboxylic acids is 1. The second-order valence-electron chi connectivity index (χ2n) is 3.71. The van der Waals surface area contributed by atoms with Crippen molar-refractivity contribution in [3.05, 3.63) is 18.5 Å². The Balaban J connectivity index is 2.02. The topological polar surface area (TPSA) is 50.2 Å². The summed E-state index contributed by atoms with van der Waals surface area (Å²) >= 11 is 0. The third-order valence-electron chi connectivity index (χ3n) is 2.48. The molecule has 1 rings (SSSR count). The second kappa shape index (κ2) is 7.00. The summed E-state index contributed by atoms with van der Waals surface area (Å²) in [5.41, 5.74) is 0. The number of hydrogen-bond acceptors (Lipinski definition) is 3. The largest absolute Gasteiger partial charge is 0.345 e. The van der Waals surface area contributed by atoms with E-state index >= 15 is 0 Å². The van der Waals surface area contributed by atoms with Gasteiger partial charge in [0.2, 0.25) is 5.91 Å². The van der Waals surface area contributed by atoms with Gasteiger partial charge in [0.1, 0.15) is 0 Å². The van der Waals surface area contributed by atoms with Crippen molar-refractivity contribution in [3.8, 4) is 0 Å². The zero-order valence-corrected chi connectivity index (χ0v) is 10.0. The average Bonchev–Trinajstić information content (AvgIpc) is 2.80. The van der Waals surface area contributed by atoms with Gasteiger partial charge in [-0.3, -0.25) is 9.48 Å². The standard InChI is InChI=1S/C11H20N4O/c1-3-14(2)11(16)10-12-6-4-8-15-9-5-7-13-15/h5,7,9,12H,3-4,6,8,10H2,1-2H3. The lowest BCUT2D eigenvalue weighted by atomic mass is 10.4. The minimum Gasteiger partial charge on any atom is -0.345 e. The van der Waals surface area contributed by atoms with Gasteiger partial charge >= 0.3 is 0 Å². The molecule has 0 spiro atoms. The molecule has 16 heavy (non-hydrogen) atoms. The van der Waals surface area contributed by atoms with Crippen molar-refractivity contribution in [2.75, 3.05) is 26.7 Å². The molecule has 1 amide bonds. The Kier molecular flexibility index (Phi) is 5.56. The Morgan fingerprint density at radius 2 is 2.38 bits per heavy atom. The highest BCUT2D eigenvalue weighted by molar-refractivity contribution is 5.77. The predicted molar refractivity (Wildman–Crippen MR) is 63.0 cm³/mol. The van der Waals surface area contributed by atoms with Gasteiger partial charge < -0.3 is 10.2 Å². The molecule has 0 fully saturated rings. The highest BCUT2D eigenvalue weighted by atomic mass is 16.2. The Morgan fingerprint density at radius 1 is 1.56 bits per heavy atom. The van der Waals surface area contributed by atoms with Crippen molar-refractivity contribution in [2.45, 2.75) is 19.9 Å². The maximum atomic E-state index is 11.4. The highest BCUT2D eigenvalue weighted by Gasteiger charge is 2.04. The van der Waals surface area contributed by atoms with E-state index in [-0.39, 0.29) is 5.91 Å². The van der Waals surface area contributed by atoms with Crippen LogP contribution in [0.5, 0.6) is 0 Å². The molecular weight excluding hydrogens is 204 g/mol. The van der Waals surface area contributed by atoms with Gasteiger partial charge in [0.25, 0.3) is 0 Å². The van der Waals surface area contributed by atoms with Crippen LogP contribution in [0.3, 0.4) is 0 Å². The summed E-state index contributed by atoms with van der Waals surface area (Å²) in [4.78, 5) is 13.1. The van der Waals surface area contributed by atoms with Crippen molar-refractivity contribution < 1.29 is 4.79 Å². The highest BCUT2D eigenvalue weighted by Crippen LogP contribution is 1.88. The average molecular weight is 224 g/mol. The summed E-state index contributed by atoms with van der Waals surface area (Å²) in [5, 5.41) is 7.23. The van der Waals surface area contributed by atoms with E-state index < -0.39 is 0 Å². The van der Waals surface area contributed by atoms with Crippen molar-refractivity contribution in [2.24, 2.45) is 0 Å². The van der Waals surface area contributed by atoms with E-state index in [9.17, 15) is 4.79 Å². The fraction of sp³-hybridized carbons (Fsp3) is 0.636. The number of aromatic nitrogens is 2. The van der Waals surface area contributed by atoms with Gasteiger partial charge in [0.15, 0.2) is 0 Å². The molecule has 1 aromatic rings. The summed E-state index contributed by atoms with van der Waals surface area (Å²) in [5.74, 6) is 0.140. The van der Waals surface area contributed by atoms with E-state index in [1.807, 2.05) is 30.9 Å². The molecular formula is C11H20N4O. The number of rotatable bonds is 7. The molecule has 0 saturated heterocycles. The first-order chi connectivity index (χ1) is 7.74. The maximum Gasteiger partial charge on any atom is 0.236 e. The maximum absolute atomic E-state index is 11.4. The molecule has 0 unspecified atom stereocenters. The van der Waals surface area contributed by atoms with Crippen LogP contribution >= 0.6 is 0 Å². The van der Waals surface area contributed by atoms with Gasteiger partial charge in [-0.1, -0.05) is 0 Å². The number of likely N-dealkylation sites (N-methyl/N-ethyl adjacent to an activating group) is 1. The Bertz CT molecular complexity index is 297. The number of nitrogens with one attached hydrogen (secondary N) is 1. The van der Waals surface area contributed by atoms with E-state index in [2.05, 4.69) is 10.4 Å². The zero-order chi connectivity index (χ0) is 11.8. The van der Waals surface area contributed by atoms with Crippen molar-refractivity contribution in [1.82, 2.24) is 20.0 Å². The molecule has 0 aliphatic heterocycles. The lowest BCUT2D eigenvalue weighted by Gasteiger charge is -2.14. The lowest BCUT2D eigenvalue weighted by molar-refractivity contribution is -0.128. The second-order valence-corrected chi connectivity index (χ2v) is 3.71. The normalized spacial score (nSPS) is 10.4. The van der Waals surface area contributed by atoms with Gasteiger partial charge in [-0.05, 0) is 26.0 Å². The smallest absolute Gasteiger partial charge is 0.236 e. The van der Waals surface area contributed by atoms with Crippen LogP contribution < -0.4 is 5.32 Å². The SMILES string of the molecule is CCN(C)C(=O)CNCCCn1cccn1. The van der Waals surface area contributed by atoms with Crippen molar-refractivity contribution in [3.63, 3.8) is 0 Å². The Labute approximate surface area is 96.4 Å². The van der Waals surface area contributed by atoms with E-state index in [1.165, 1.54) is 0 Å². The fourth-order valence-corrected chi connectivity index (χ4v) is 1.31. The first-order valence-corrected chi connectivity index (χ1v) is 5.66. The molecule has 0 aliphatic carbocycles. The molecule has 0 saturated carbocycles. The molecule has 0 aromatic carbocycles. The molecule has 5 nitrogen and oxygen atoms in total. The van der Waals surface area contributed by atoms with E-state index in [0.717, 1.165) is 26.1 Å². The van der Waals surface area contributed by atoms with E-state index in [4.69, 9.17) is 0 Å². The van der Waals surface area contributed by atoms with E-state index in [1.54, 1.807) is 11.1 Å². The first kappa shape index (κ1) is 12.7. The first-order valence-electron chi connectivity index (χ1n) is 5.66. The number of nitrogens with zero attached hydrogens (tertiary/aromatic N) is 3. The summed E-state index contributed by atoms with van der Waals surface area (Å²) in [6.07, 6.45) is 4.69. The quantitative estimate of drug-likeness (QED) is 0.680. The van der Waals surface area contributed by atoms with Crippen LogP contribution in [-0.4, -0.2) is 47.3 Å². The third-order valence-corrected chi connectivity index (χ3v) is 2.48. The monoisotopic (exact) mass is 224 g/mol. The number of carbonyl (C=O) groups is 1. The minimum atomic E-state index is 0.140. The van der Waals surface area contributed by atoms with Crippen LogP contribution in [0.4, 0.5) is 0 Å². The molecule has 0 radical (unpaired) electrons. The fourth-order valence-electron chi connectivity index (χ4n) is 1.31. The molecule has 90 valence electrons. The molecule has 1 heterocycles. The van der Waals surface area contributed by atoms with E-state index in [0.29, 0.717) is 6.54 Å². The van der Waals surface area contributed by atoms with Gasteiger partial charge in [0, 0.05) is 32.5 Å². The molecule has 0 atom stereocenters. The lowest BCUT2D eigenvalue weighted by Crippen LogP contribution is -2.35. The van der Waals surface area contributed by atoms with Crippen LogP contribution in [0.25, 0.3) is 0 Å². The van der Waals surface area contributed by atoms with Crippen LogP contribution in [0.15, 0.2) is 18.5 Å².